The molecule has 104 valence electrons. The molecule has 0 unspecified atom stereocenters. The largest absolute Gasteiger partial charge is 0.480 e. The third-order valence-electron chi connectivity index (χ3n) is 3.12. The van der Waals surface area contributed by atoms with Gasteiger partial charge in [-0.3, -0.25) is 0 Å². The van der Waals surface area contributed by atoms with Crippen molar-refractivity contribution < 1.29 is 14.7 Å². The minimum atomic E-state index is -0.918. The summed E-state index contributed by atoms with van der Waals surface area (Å²) in [6.07, 6.45) is 1.29. The highest BCUT2D eigenvalue weighted by molar-refractivity contribution is 9.10. The van der Waals surface area contributed by atoms with Crippen LogP contribution in [0.2, 0.25) is 0 Å². The average molecular weight is 347 g/mol. The third-order valence-corrected chi connectivity index (χ3v) is 4.81. The topological polar surface area (TPSA) is 60.9 Å². The van der Waals surface area contributed by atoms with Gasteiger partial charge in [0.25, 0.3) is 0 Å². The fourth-order valence-electron chi connectivity index (χ4n) is 2.21. The van der Waals surface area contributed by atoms with Crippen LogP contribution in [0.4, 0.5) is 4.79 Å². The number of rotatable bonds is 3. The molecular formula is C12H15BrN2O3S. The number of carboxylic acids is 1. The van der Waals surface area contributed by atoms with E-state index < -0.39 is 12.0 Å². The van der Waals surface area contributed by atoms with Crippen molar-refractivity contribution in [1.29, 1.82) is 0 Å². The van der Waals surface area contributed by atoms with Crippen LogP contribution in [0.3, 0.4) is 0 Å². The molecule has 0 saturated carbocycles. The number of carbonyl (C=O) groups is 2. The molecule has 2 rings (SSSR count). The summed E-state index contributed by atoms with van der Waals surface area (Å²) in [5, 5.41) is 11.1. The summed E-state index contributed by atoms with van der Waals surface area (Å²) in [5.41, 5.74) is 0. The molecule has 2 heterocycles. The molecule has 1 aliphatic rings. The quantitative estimate of drug-likeness (QED) is 0.914. The van der Waals surface area contributed by atoms with Gasteiger partial charge in [0.15, 0.2) is 0 Å². The molecule has 0 spiro atoms. The molecule has 1 aliphatic heterocycles. The highest BCUT2D eigenvalue weighted by Gasteiger charge is 2.35. The normalized spacial score (nSPS) is 18.6. The zero-order valence-electron chi connectivity index (χ0n) is 10.5. The van der Waals surface area contributed by atoms with E-state index in [0.29, 0.717) is 19.5 Å². The zero-order valence-corrected chi connectivity index (χ0v) is 12.9. The van der Waals surface area contributed by atoms with Gasteiger partial charge in [-0.25, -0.2) is 9.59 Å². The van der Waals surface area contributed by atoms with Crippen molar-refractivity contribution in [2.75, 3.05) is 13.6 Å². The molecule has 1 fully saturated rings. The number of thiophene rings is 1. The SMILES string of the molecule is CN(Cc1cc(Br)cs1)C(=O)N1CCC[C@@H]1C(=O)O. The lowest BCUT2D eigenvalue weighted by Gasteiger charge is -2.27. The van der Waals surface area contributed by atoms with Gasteiger partial charge in [0, 0.05) is 28.3 Å². The molecule has 7 heteroatoms. The number of urea groups is 1. The van der Waals surface area contributed by atoms with Crippen LogP contribution in [0.5, 0.6) is 0 Å². The number of hydrogen-bond donors (Lipinski definition) is 1. The van der Waals surface area contributed by atoms with Gasteiger partial charge in [-0.05, 0) is 34.8 Å². The number of amides is 2. The first kappa shape index (κ1) is 14.3. The second-order valence-corrected chi connectivity index (χ2v) is 6.47. The van der Waals surface area contributed by atoms with Crippen LogP contribution in [-0.4, -0.2) is 46.5 Å². The summed E-state index contributed by atoms with van der Waals surface area (Å²) in [6.45, 7) is 1.02. The Balaban J connectivity index is 2.00. The molecule has 1 atom stereocenters. The first-order valence-corrected chi connectivity index (χ1v) is 7.63. The number of nitrogens with zero attached hydrogens (tertiary/aromatic N) is 2. The predicted octanol–water partition coefficient (Wildman–Crippen LogP) is 2.61. The number of halogens is 1. The first-order chi connectivity index (χ1) is 8.99. The van der Waals surface area contributed by atoms with E-state index in [9.17, 15) is 9.59 Å². The average Bonchev–Trinajstić information content (AvgIpc) is 2.97. The van der Waals surface area contributed by atoms with Crippen molar-refractivity contribution in [2.24, 2.45) is 0 Å². The molecule has 0 bridgehead atoms. The zero-order chi connectivity index (χ0) is 14.0. The van der Waals surface area contributed by atoms with Crippen molar-refractivity contribution in [3.63, 3.8) is 0 Å². The lowest BCUT2D eigenvalue weighted by molar-refractivity contribution is -0.141. The van der Waals surface area contributed by atoms with Crippen LogP contribution in [-0.2, 0) is 11.3 Å². The molecule has 1 saturated heterocycles. The number of aliphatic carboxylic acids is 1. The molecule has 0 aromatic carbocycles. The van der Waals surface area contributed by atoms with Crippen LogP contribution in [0.15, 0.2) is 15.9 Å². The van der Waals surface area contributed by atoms with E-state index in [1.165, 1.54) is 4.90 Å². The molecule has 0 radical (unpaired) electrons. The van der Waals surface area contributed by atoms with Gasteiger partial charge in [0.1, 0.15) is 6.04 Å². The maximum absolute atomic E-state index is 12.3. The predicted molar refractivity (Wildman–Crippen MR) is 76.2 cm³/mol. The number of hydrogen-bond acceptors (Lipinski definition) is 3. The van der Waals surface area contributed by atoms with Crippen molar-refractivity contribution >= 4 is 39.3 Å². The van der Waals surface area contributed by atoms with Crippen molar-refractivity contribution in [2.45, 2.75) is 25.4 Å². The number of carboxylic acid groups (broad SMARTS) is 1. The van der Waals surface area contributed by atoms with Crippen LogP contribution in [0.1, 0.15) is 17.7 Å². The van der Waals surface area contributed by atoms with Gasteiger partial charge < -0.3 is 14.9 Å². The Hall–Kier alpha value is -1.08. The maximum atomic E-state index is 12.3. The van der Waals surface area contributed by atoms with E-state index in [1.54, 1.807) is 23.3 Å². The highest BCUT2D eigenvalue weighted by Crippen LogP contribution is 2.23. The summed E-state index contributed by atoms with van der Waals surface area (Å²) in [5.74, 6) is -0.918. The lowest BCUT2D eigenvalue weighted by Crippen LogP contribution is -2.46. The van der Waals surface area contributed by atoms with Crippen LogP contribution < -0.4 is 0 Å². The molecule has 2 amide bonds. The maximum Gasteiger partial charge on any atom is 0.326 e. The van der Waals surface area contributed by atoms with Crippen molar-refractivity contribution in [1.82, 2.24) is 9.80 Å². The first-order valence-electron chi connectivity index (χ1n) is 5.96. The molecule has 1 aromatic rings. The number of carbonyl (C=O) groups excluding carboxylic acids is 1. The summed E-state index contributed by atoms with van der Waals surface area (Å²) in [7, 11) is 1.70. The van der Waals surface area contributed by atoms with E-state index >= 15 is 0 Å². The fourth-order valence-corrected chi connectivity index (χ4v) is 3.71. The second kappa shape index (κ2) is 5.92. The van der Waals surface area contributed by atoms with E-state index in [2.05, 4.69) is 15.9 Å². The Morgan fingerprint density at radius 2 is 2.37 bits per heavy atom. The van der Waals surface area contributed by atoms with Gasteiger partial charge in [0.05, 0.1) is 6.54 Å². The molecule has 1 N–H and O–H groups in total. The van der Waals surface area contributed by atoms with Gasteiger partial charge in [-0.1, -0.05) is 0 Å². The van der Waals surface area contributed by atoms with Crippen LogP contribution >= 0.6 is 27.3 Å². The smallest absolute Gasteiger partial charge is 0.326 e. The van der Waals surface area contributed by atoms with Crippen molar-refractivity contribution in [3.8, 4) is 0 Å². The Morgan fingerprint density at radius 3 is 2.95 bits per heavy atom. The summed E-state index contributed by atoms with van der Waals surface area (Å²) in [4.78, 5) is 27.4. The Morgan fingerprint density at radius 1 is 1.63 bits per heavy atom. The molecule has 0 aliphatic carbocycles. The number of likely N-dealkylation sites (tertiary alicyclic amines) is 1. The fraction of sp³-hybridized carbons (Fsp3) is 0.500. The summed E-state index contributed by atoms with van der Waals surface area (Å²) < 4.78 is 0.998. The Labute approximate surface area is 123 Å². The van der Waals surface area contributed by atoms with E-state index in [4.69, 9.17) is 5.11 Å². The highest BCUT2D eigenvalue weighted by atomic mass is 79.9. The van der Waals surface area contributed by atoms with Crippen LogP contribution in [0, 0.1) is 0 Å². The monoisotopic (exact) mass is 346 g/mol. The van der Waals surface area contributed by atoms with Gasteiger partial charge in [0.2, 0.25) is 0 Å². The molecular weight excluding hydrogens is 332 g/mol. The second-order valence-electron chi connectivity index (χ2n) is 4.56. The lowest BCUT2D eigenvalue weighted by atomic mass is 10.2. The van der Waals surface area contributed by atoms with Gasteiger partial charge >= 0.3 is 12.0 Å². The van der Waals surface area contributed by atoms with Gasteiger partial charge in [-0.2, -0.15) is 0 Å². The minimum Gasteiger partial charge on any atom is -0.480 e. The molecule has 1 aromatic heterocycles. The molecule has 5 nitrogen and oxygen atoms in total. The molecule has 19 heavy (non-hydrogen) atoms. The van der Waals surface area contributed by atoms with Gasteiger partial charge in [-0.15, -0.1) is 11.3 Å². The summed E-state index contributed by atoms with van der Waals surface area (Å²) in [6, 6.07) is 1.08. The minimum absolute atomic E-state index is 0.213. The standard InChI is InChI=1S/C12H15BrN2O3S/c1-14(6-9-5-8(13)7-19-9)12(18)15-4-2-3-10(15)11(16)17/h5,7,10H,2-4,6H2,1H3,(H,16,17)/t10-/m1/s1. The van der Waals surface area contributed by atoms with Crippen LogP contribution in [0.25, 0.3) is 0 Å². The van der Waals surface area contributed by atoms with E-state index in [0.717, 1.165) is 15.8 Å². The van der Waals surface area contributed by atoms with E-state index in [1.807, 2.05) is 11.4 Å². The van der Waals surface area contributed by atoms with Crippen molar-refractivity contribution in [3.05, 3.63) is 20.8 Å². The summed E-state index contributed by atoms with van der Waals surface area (Å²) >= 11 is 4.94. The Bertz CT molecular complexity index is 491. The Kier molecular flexibility index (Phi) is 4.46. The van der Waals surface area contributed by atoms with E-state index in [-0.39, 0.29) is 6.03 Å². The third kappa shape index (κ3) is 3.27.